The molecule has 1 saturated carbocycles. The first kappa shape index (κ1) is 20.3. The molecule has 2 N–H and O–H groups in total. The Labute approximate surface area is 164 Å². The molecule has 0 aliphatic heterocycles. The topological polar surface area (TPSA) is 88.2 Å². The predicted octanol–water partition coefficient (Wildman–Crippen LogP) is 3.70. The van der Waals surface area contributed by atoms with Gasteiger partial charge in [0.25, 0.3) is 0 Å². The van der Waals surface area contributed by atoms with Crippen LogP contribution in [0, 0.1) is 5.92 Å². The summed E-state index contributed by atoms with van der Waals surface area (Å²) in [6.45, 7) is 2.12. The molecule has 2 amide bonds. The Kier molecular flexibility index (Phi) is 6.28. The van der Waals surface area contributed by atoms with E-state index in [1.165, 1.54) is 12.1 Å². The summed E-state index contributed by atoms with van der Waals surface area (Å²) in [5.41, 5.74) is 1.36. The Bertz CT molecular complexity index is 904. The fourth-order valence-corrected chi connectivity index (χ4v) is 5.56. The second-order valence-electron chi connectivity index (χ2n) is 7.16. The molecule has 3 rings (SSSR count). The molecule has 1 fully saturated rings. The zero-order chi connectivity index (χ0) is 20.1. The van der Waals surface area contributed by atoms with Gasteiger partial charge < -0.3 is 10.6 Å². The summed E-state index contributed by atoms with van der Waals surface area (Å²) in [5.74, 6) is -0.218. The van der Waals surface area contributed by atoms with Crippen molar-refractivity contribution in [2.24, 2.45) is 5.92 Å². The van der Waals surface area contributed by atoms with Crippen molar-refractivity contribution in [3.8, 4) is 0 Å². The number of urea groups is 1. The number of benzene rings is 1. The summed E-state index contributed by atoms with van der Waals surface area (Å²) in [7, 11) is -3.53. The van der Waals surface area contributed by atoms with Gasteiger partial charge in [-0.3, -0.25) is 4.98 Å². The molecule has 1 aromatic carbocycles. The van der Waals surface area contributed by atoms with Gasteiger partial charge in [-0.25, -0.2) is 17.6 Å². The van der Waals surface area contributed by atoms with Crippen molar-refractivity contribution in [2.45, 2.75) is 49.0 Å². The summed E-state index contributed by atoms with van der Waals surface area (Å²) in [6, 6.07) is 9.33. The Morgan fingerprint density at radius 3 is 2.61 bits per heavy atom. The molecule has 1 heterocycles. The number of pyridine rings is 1. The van der Waals surface area contributed by atoms with Crippen LogP contribution in [-0.4, -0.2) is 30.9 Å². The molecule has 8 heteroatoms. The van der Waals surface area contributed by atoms with Crippen LogP contribution in [-0.2, 0) is 16.4 Å². The third-order valence-electron chi connectivity index (χ3n) is 5.04. The van der Waals surface area contributed by atoms with Gasteiger partial charge in [-0.15, -0.1) is 0 Å². The molecule has 0 saturated heterocycles. The standard InChI is InChI=1S/C20H24FN3O3S/c1-14-11-16(21)4-9-19(14)28(26,27)18-7-5-17(6-8-18)24-20(25)23-13-15-3-2-10-22-12-15/h2-3,5-8,10,12,14,16,19H,4,9,11,13H2,1H3,(H2,23,24,25). The average Bonchev–Trinajstić information content (AvgIpc) is 2.67. The number of amides is 2. The summed E-state index contributed by atoms with van der Waals surface area (Å²) in [4.78, 5) is 16.2. The highest BCUT2D eigenvalue weighted by atomic mass is 32.2. The lowest BCUT2D eigenvalue weighted by atomic mass is 9.89. The van der Waals surface area contributed by atoms with E-state index in [1.54, 1.807) is 37.5 Å². The molecule has 3 unspecified atom stereocenters. The molecule has 0 radical (unpaired) electrons. The van der Waals surface area contributed by atoms with Gasteiger partial charge in [0.1, 0.15) is 6.17 Å². The molecule has 0 spiro atoms. The molecule has 6 nitrogen and oxygen atoms in total. The van der Waals surface area contributed by atoms with Gasteiger partial charge in [0.05, 0.1) is 10.1 Å². The van der Waals surface area contributed by atoms with E-state index in [0.29, 0.717) is 18.7 Å². The van der Waals surface area contributed by atoms with Gasteiger partial charge in [-0.2, -0.15) is 0 Å². The Morgan fingerprint density at radius 2 is 1.96 bits per heavy atom. The van der Waals surface area contributed by atoms with Crippen molar-refractivity contribution in [2.75, 3.05) is 5.32 Å². The fraction of sp³-hybridized carbons (Fsp3) is 0.400. The number of hydrogen-bond acceptors (Lipinski definition) is 4. The maximum Gasteiger partial charge on any atom is 0.319 e. The Morgan fingerprint density at radius 1 is 1.21 bits per heavy atom. The normalized spacial score (nSPS) is 22.4. The smallest absolute Gasteiger partial charge is 0.319 e. The number of aromatic nitrogens is 1. The number of alkyl halides is 1. The van der Waals surface area contributed by atoms with Crippen LogP contribution in [0.5, 0.6) is 0 Å². The predicted molar refractivity (Wildman–Crippen MR) is 105 cm³/mol. The first-order valence-corrected chi connectivity index (χ1v) is 10.8. The molecule has 1 aliphatic rings. The number of anilines is 1. The molecule has 150 valence electrons. The zero-order valence-corrected chi connectivity index (χ0v) is 16.5. The minimum Gasteiger partial charge on any atom is -0.334 e. The van der Waals surface area contributed by atoms with Gasteiger partial charge in [0.15, 0.2) is 9.84 Å². The number of carbonyl (C=O) groups excluding carboxylic acids is 1. The number of hydrogen-bond donors (Lipinski definition) is 2. The fourth-order valence-electron chi connectivity index (χ4n) is 3.53. The minimum atomic E-state index is -3.53. The third-order valence-corrected chi connectivity index (χ3v) is 7.47. The highest BCUT2D eigenvalue weighted by Gasteiger charge is 2.37. The van der Waals surface area contributed by atoms with Crippen LogP contribution in [0.2, 0.25) is 0 Å². The lowest BCUT2D eigenvalue weighted by Crippen LogP contribution is -2.34. The van der Waals surface area contributed by atoms with Gasteiger partial charge in [-0.05, 0) is 61.1 Å². The van der Waals surface area contributed by atoms with E-state index in [-0.39, 0.29) is 23.7 Å². The molecular formula is C20H24FN3O3S. The van der Waals surface area contributed by atoms with E-state index in [1.807, 2.05) is 6.07 Å². The highest BCUT2D eigenvalue weighted by molar-refractivity contribution is 7.92. The van der Waals surface area contributed by atoms with Gasteiger partial charge in [0, 0.05) is 24.6 Å². The second-order valence-corrected chi connectivity index (χ2v) is 9.33. The quantitative estimate of drug-likeness (QED) is 0.794. The summed E-state index contributed by atoms with van der Waals surface area (Å²) >= 11 is 0. The first-order chi connectivity index (χ1) is 13.4. The number of rotatable bonds is 5. The van der Waals surface area contributed by atoms with E-state index >= 15 is 0 Å². The molecule has 1 aromatic heterocycles. The summed E-state index contributed by atoms with van der Waals surface area (Å²) < 4.78 is 39.2. The van der Waals surface area contributed by atoms with Crippen molar-refractivity contribution < 1.29 is 17.6 Å². The monoisotopic (exact) mass is 405 g/mol. The summed E-state index contributed by atoms with van der Waals surface area (Å²) in [6.07, 6.45) is 3.30. The minimum absolute atomic E-state index is 0.197. The maximum atomic E-state index is 13.5. The molecule has 28 heavy (non-hydrogen) atoms. The van der Waals surface area contributed by atoms with E-state index < -0.39 is 27.3 Å². The van der Waals surface area contributed by atoms with Crippen LogP contribution < -0.4 is 10.6 Å². The van der Waals surface area contributed by atoms with Crippen molar-refractivity contribution in [3.63, 3.8) is 0 Å². The number of carbonyl (C=O) groups is 1. The number of halogens is 1. The molecular weight excluding hydrogens is 381 g/mol. The summed E-state index contributed by atoms with van der Waals surface area (Å²) in [5, 5.41) is 4.81. The van der Waals surface area contributed by atoms with E-state index in [0.717, 1.165) is 5.56 Å². The Hall–Kier alpha value is -2.48. The van der Waals surface area contributed by atoms with E-state index in [2.05, 4.69) is 15.6 Å². The van der Waals surface area contributed by atoms with E-state index in [4.69, 9.17) is 0 Å². The zero-order valence-electron chi connectivity index (χ0n) is 15.6. The lowest BCUT2D eigenvalue weighted by Gasteiger charge is -2.30. The van der Waals surface area contributed by atoms with Crippen LogP contribution in [0.4, 0.5) is 14.9 Å². The van der Waals surface area contributed by atoms with Crippen LogP contribution in [0.25, 0.3) is 0 Å². The van der Waals surface area contributed by atoms with Crippen LogP contribution in [0.15, 0.2) is 53.7 Å². The van der Waals surface area contributed by atoms with E-state index in [9.17, 15) is 17.6 Å². The number of nitrogens with one attached hydrogen (secondary N) is 2. The molecule has 0 bridgehead atoms. The van der Waals surface area contributed by atoms with Gasteiger partial charge >= 0.3 is 6.03 Å². The van der Waals surface area contributed by atoms with Crippen molar-refractivity contribution in [1.82, 2.24) is 10.3 Å². The SMILES string of the molecule is CC1CC(F)CCC1S(=O)(=O)c1ccc(NC(=O)NCc2cccnc2)cc1. The lowest BCUT2D eigenvalue weighted by molar-refractivity contribution is 0.210. The van der Waals surface area contributed by atoms with Crippen molar-refractivity contribution in [3.05, 3.63) is 54.4 Å². The number of sulfone groups is 1. The third kappa shape index (κ3) is 4.86. The average molecular weight is 405 g/mol. The number of nitrogens with zero attached hydrogens (tertiary/aromatic N) is 1. The van der Waals surface area contributed by atoms with Crippen molar-refractivity contribution >= 4 is 21.6 Å². The van der Waals surface area contributed by atoms with Gasteiger partial charge in [0.2, 0.25) is 0 Å². The highest BCUT2D eigenvalue weighted by Crippen LogP contribution is 2.34. The van der Waals surface area contributed by atoms with Crippen LogP contribution in [0.3, 0.4) is 0 Å². The molecule has 2 aromatic rings. The second kappa shape index (κ2) is 8.68. The largest absolute Gasteiger partial charge is 0.334 e. The maximum absolute atomic E-state index is 13.5. The molecule has 1 aliphatic carbocycles. The Balaban J connectivity index is 1.60. The van der Waals surface area contributed by atoms with Crippen molar-refractivity contribution in [1.29, 1.82) is 0 Å². The molecule has 3 atom stereocenters. The first-order valence-electron chi connectivity index (χ1n) is 9.28. The van der Waals surface area contributed by atoms with Crippen LogP contribution >= 0.6 is 0 Å². The van der Waals surface area contributed by atoms with Gasteiger partial charge in [-0.1, -0.05) is 13.0 Å². The van der Waals surface area contributed by atoms with Crippen LogP contribution in [0.1, 0.15) is 31.7 Å².